The van der Waals surface area contributed by atoms with Crippen LogP contribution in [0.2, 0.25) is 0 Å². The first-order chi connectivity index (χ1) is 21.1. The van der Waals surface area contributed by atoms with Gasteiger partial charge in [-0.05, 0) is 41.0 Å². The maximum Gasteiger partial charge on any atom is 0.338 e. The Balaban J connectivity index is 1.39. The molecule has 3 heterocycles. The van der Waals surface area contributed by atoms with E-state index in [1.54, 1.807) is 12.3 Å². The number of hydrogen-bond donors (Lipinski definition) is 1. The third-order valence-corrected chi connectivity index (χ3v) is 7.84. The Bertz CT molecular complexity index is 1970. The van der Waals surface area contributed by atoms with Crippen molar-refractivity contribution in [3.05, 3.63) is 174 Å². The van der Waals surface area contributed by atoms with E-state index in [4.69, 9.17) is 5.10 Å². The van der Waals surface area contributed by atoms with Crippen molar-refractivity contribution in [3.63, 3.8) is 0 Å². The van der Waals surface area contributed by atoms with Crippen LogP contribution in [0.25, 0.3) is 28.0 Å². The van der Waals surface area contributed by atoms with Crippen LogP contribution in [-0.4, -0.2) is 30.2 Å². The number of benzene rings is 4. The maximum absolute atomic E-state index is 14.5. The van der Waals surface area contributed by atoms with E-state index < -0.39 is 17.3 Å². The van der Waals surface area contributed by atoms with Crippen molar-refractivity contribution >= 4 is 11.6 Å². The second-order valence-corrected chi connectivity index (χ2v) is 10.3. The fraction of sp³-hybridized carbons (Fsp3) is 0.0278. The summed E-state index contributed by atoms with van der Waals surface area (Å²) in [5.41, 5.74) is 5.74. The number of nitrogens with zero attached hydrogens (tertiary/aromatic N) is 4. The van der Waals surface area contributed by atoms with Crippen LogP contribution in [-0.2, 0) is 5.54 Å². The van der Waals surface area contributed by atoms with Gasteiger partial charge in [-0.15, -0.1) is 0 Å². The lowest BCUT2D eigenvalue weighted by atomic mass is 9.77. The lowest BCUT2D eigenvalue weighted by molar-refractivity contribution is 0.0692. The number of carbonyl (C=O) groups is 1. The van der Waals surface area contributed by atoms with Gasteiger partial charge in [0.25, 0.3) is 0 Å². The summed E-state index contributed by atoms with van der Waals surface area (Å²) in [5.74, 6) is -2.10. The zero-order chi connectivity index (χ0) is 29.4. The second-order valence-electron chi connectivity index (χ2n) is 10.3. The molecule has 208 valence electrons. The number of aromatic nitrogens is 4. The van der Waals surface area contributed by atoms with Gasteiger partial charge in [-0.3, -0.25) is 9.08 Å². The predicted octanol–water partition coefficient (Wildman–Crippen LogP) is 7.54. The Morgan fingerprint density at radius 3 is 1.81 bits per heavy atom. The van der Waals surface area contributed by atoms with Gasteiger partial charge in [0.15, 0.2) is 0 Å². The number of halogens is 1. The van der Waals surface area contributed by atoms with Gasteiger partial charge >= 0.3 is 5.97 Å². The van der Waals surface area contributed by atoms with Crippen LogP contribution in [0.5, 0.6) is 0 Å². The summed E-state index contributed by atoms with van der Waals surface area (Å²) in [5, 5.41) is 14.2. The molecule has 0 bridgehead atoms. The molecule has 0 saturated heterocycles. The van der Waals surface area contributed by atoms with Crippen molar-refractivity contribution in [1.29, 1.82) is 0 Å². The largest absolute Gasteiger partial charge is 0.478 e. The molecule has 3 aromatic heterocycles. The average Bonchev–Trinajstić information content (AvgIpc) is 3.71. The predicted molar refractivity (Wildman–Crippen MR) is 163 cm³/mol. The molecule has 0 fully saturated rings. The van der Waals surface area contributed by atoms with E-state index in [0.29, 0.717) is 16.9 Å². The number of aromatic carboxylic acids is 1. The molecule has 4 aromatic carbocycles. The maximum atomic E-state index is 14.5. The minimum atomic E-state index is -1.31. The smallest absolute Gasteiger partial charge is 0.338 e. The third kappa shape index (κ3) is 4.38. The SMILES string of the molecule is O=C(O)c1ccc(-c2cnc3ccc(-c4cnn(C(c5ccccc5)(c5ccccc5)c5ccccc5)c4)cn23)cc1F. The first-order valence-corrected chi connectivity index (χ1v) is 13.8. The van der Waals surface area contributed by atoms with Crippen LogP contribution in [0.15, 0.2) is 146 Å². The van der Waals surface area contributed by atoms with Gasteiger partial charge in [0, 0.05) is 29.1 Å². The van der Waals surface area contributed by atoms with E-state index in [-0.39, 0.29) is 5.56 Å². The highest BCUT2D eigenvalue weighted by Gasteiger charge is 2.39. The molecule has 0 atom stereocenters. The van der Waals surface area contributed by atoms with Crippen molar-refractivity contribution in [2.24, 2.45) is 0 Å². The number of fused-ring (bicyclic) bond motifs is 1. The zero-order valence-electron chi connectivity index (χ0n) is 22.9. The molecule has 0 radical (unpaired) electrons. The van der Waals surface area contributed by atoms with Crippen LogP contribution in [0, 0.1) is 5.82 Å². The van der Waals surface area contributed by atoms with E-state index in [1.807, 2.05) is 94.4 Å². The molecule has 6 nitrogen and oxygen atoms in total. The molecule has 1 N–H and O–H groups in total. The van der Waals surface area contributed by atoms with Crippen LogP contribution in [0.3, 0.4) is 0 Å². The average molecular weight is 565 g/mol. The number of carboxylic acids is 1. The van der Waals surface area contributed by atoms with Crippen molar-refractivity contribution < 1.29 is 14.3 Å². The number of pyridine rings is 1. The van der Waals surface area contributed by atoms with Gasteiger partial charge in [-0.1, -0.05) is 97.1 Å². The lowest BCUT2D eigenvalue weighted by Crippen LogP contribution is -2.38. The number of hydrogen-bond acceptors (Lipinski definition) is 3. The summed E-state index contributed by atoms with van der Waals surface area (Å²) in [7, 11) is 0. The highest BCUT2D eigenvalue weighted by Crippen LogP contribution is 2.41. The van der Waals surface area contributed by atoms with Gasteiger partial charge in [-0.2, -0.15) is 5.10 Å². The Morgan fingerprint density at radius 1 is 0.674 bits per heavy atom. The Morgan fingerprint density at radius 2 is 1.26 bits per heavy atom. The second kappa shape index (κ2) is 10.5. The number of rotatable bonds is 7. The Labute approximate surface area is 247 Å². The van der Waals surface area contributed by atoms with Crippen LogP contribution in [0.1, 0.15) is 27.0 Å². The topological polar surface area (TPSA) is 72.4 Å². The molecular weight excluding hydrogens is 539 g/mol. The first-order valence-electron chi connectivity index (χ1n) is 13.8. The fourth-order valence-corrected chi connectivity index (χ4v) is 5.80. The van der Waals surface area contributed by atoms with E-state index in [2.05, 4.69) is 41.4 Å². The Hall–Kier alpha value is -5.82. The quantitative estimate of drug-likeness (QED) is 0.203. The standard InChI is InChI=1S/C36H25FN4O2/c37-32-20-25(16-18-31(32)35(42)43)33-22-38-34-19-17-26(23-40(33)34)27-21-39-41(24-27)36(28-10-4-1-5-11-28,29-12-6-2-7-13-29)30-14-8-3-9-15-30/h1-24H,(H,42,43). The Kier molecular flexibility index (Phi) is 6.40. The summed E-state index contributed by atoms with van der Waals surface area (Å²) >= 11 is 0. The summed E-state index contributed by atoms with van der Waals surface area (Å²) in [6.07, 6.45) is 7.50. The molecule has 7 aromatic rings. The van der Waals surface area contributed by atoms with Gasteiger partial charge in [0.05, 0.1) is 23.7 Å². The molecular formula is C36H25FN4O2. The normalized spacial score (nSPS) is 11.6. The highest BCUT2D eigenvalue weighted by atomic mass is 19.1. The first kappa shape index (κ1) is 26.1. The van der Waals surface area contributed by atoms with Gasteiger partial charge in [0.1, 0.15) is 17.0 Å². The molecule has 0 saturated carbocycles. The number of imidazole rings is 1. The summed E-state index contributed by atoms with van der Waals surface area (Å²) in [6.45, 7) is 0. The molecule has 0 spiro atoms. The van der Waals surface area contributed by atoms with Crippen molar-refractivity contribution in [2.75, 3.05) is 0 Å². The monoisotopic (exact) mass is 564 g/mol. The van der Waals surface area contributed by atoms with E-state index in [9.17, 15) is 14.3 Å². The molecule has 0 aliphatic carbocycles. The molecule has 7 heteroatoms. The van der Waals surface area contributed by atoms with E-state index >= 15 is 0 Å². The summed E-state index contributed by atoms with van der Waals surface area (Å²) < 4.78 is 18.4. The van der Waals surface area contributed by atoms with Crippen LogP contribution >= 0.6 is 0 Å². The minimum absolute atomic E-state index is 0.371. The molecule has 43 heavy (non-hydrogen) atoms. The van der Waals surface area contributed by atoms with Crippen LogP contribution in [0.4, 0.5) is 4.39 Å². The molecule has 0 aliphatic heterocycles. The fourth-order valence-electron chi connectivity index (χ4n) is 5.80. The van der Waals surface area contributed by atoms with Crippen molar-refractivity contribution in [1.82, 2.24) is 19.2 Å². The zero-order valence-corrected chi connectivity index (χ0v) is 22.9. The third-order valence-electron chi connectivity index (χ3n) is 7.84. The van der Waals surface area contributed by atoms with Gasteiger partial charge in [-0.25, -0.2) is 14.2 Å². The molecule has 0 unspecified atom stereocenters. The molecule has 0 amide bonds. The van der Waals surface area contributed by atoms with E-state index in [0.717, 1.165) is 27.8 Å². The van der Waals surface area contributed by atoms with Crippen LogP contribution < -0.4 is 0 Å². The summed E-state index contributed by atoms with van der Waals surface area (Å²) in [6, 6.07) is 39.0. The number of carboxylic acid groups (broad SMARTS) is 1. The summed E-state index contributed by atoms with van der Waals surface area (Å²) in [4.78, 5) is 15.8. The van der Waals surface area contributed by atoms with Crippen molar-refractivity contribution in [3.8, 4) is 22.4 Å². The minimum Gasteiger partial charge on any atom is -0.478 e. The van der Waals surface area contributed by atoms with Gasteiger partial charge in [0.2, 0.25) is 0 Å². The van der Waals surface area contributed by atoms with Crippen molar-refractivity contribution in [2.45, 2.75) is 5.54 Å². The molecule has 0 aliphatic rings. The highest BCUT2D eigenvalue weighted by molar-refractivity contribution is 5.88. The molecule has 7 rings (SSSR count). The lowest BCUT2D eigenvalue weighted by Gasteiger charge is -2.36. The van der Waals surface area contributed by atoms with E-state index in [1.165, 1.54) is 12.1 Å². The van der Waals surface area contributed by atoms with Gasteiger partial charge < -0.3 is 5.11 Å².